The van der Waals surface area contributed by atoms with Crippen molar-refractivity contribution in [2.75, 3.05) is 18.6 Å². The van der Waals surface area contributed by atoms with Crippen LogP contribution in [0.2, 0.25) is 5.02 Å². The molecule has 8 heteroatoms. The maximum atomic E-state index is 12.4. The highest BCUT2D eigenvalue weighted by atomic mass is 35.5. The Balaban J connectivity index is 1.67. The number of benzene rings is 1. The van der Waals surface area contributed by atoms with E-state index in [1.54, 1.807) is 30.0 Å². The molecule has 0 aromatic heterocycles. The van der Waals surface area contributed by atoms with E-state index in [2.05, 4.69) is 24.0 Å². The zero-order valence-corrected chi connectivity index (χ0v) is 21.1. The van der Waals surface area contributed by atoms with Crippen molar-refractivity contribution in [1.29, 1.82) is 0 Å². The zero-order chi connectivity index (χ0) is 24.0. The molecule has 0 radical (unpaired) electrons. The smallest absolute Gasteiger partial charge is 0.336 e. The molecule has 0 heterocycles. The predicted molar refractivity (Wildman–Crippen MR) is 136 cm³/mol. The minimum absolute atomic E-state index is 0.180. The van der Waals surface area contributed by atoms with Gasteiger partial charge in [-0.2, -0.15) is 11.8 Å². The first-order valence-electron chi connectivity index (χ1n) is 10.8. The van der Waals surface area contributed by atoms with Crippen LogP contribution in [0.5, 0.6) is 0 Å². The third kappa shape index (κ3) is 6.51. The van der Waals surface area contributed by atoms with Gasteiger partial charge in [-0.15, -0.1) is 0 Å². The van der Waals surface area contributed by atoms with Gasteiger partial charge in [-0.25, -0.2) is 17.9 Å². The lowest BCUT2D eigenvalue weighted by Crippen LogP contribution is -2.24. The molecule has 0 saturated carbocycles. The van der Waals surface area contributed by atoms with Crippen LogP contribution in [-0.2, 0) is 16.4 Å². The summed E-state index contributed by atoms with van der Waals surface area (Å²) in [6, 6.07) is 15.8. The molecular weight excluding hydrogens is 478 g/mol. The Labute approximate surface area is 205 Å². The van der Waals surface area contributed by atoms with Crippen LogP contribution in [0.25, 0.3) is 11.1 Å². The molecule has 3 rings (SSSR count). The monoisotopic (exact) mass is 505 g/mol. The molecular formula is C25H28ClNO4S2. The van der Waals surface area contributed by atoms with E-state index in [0.29, 0.717) is 35.9 Å². The van der Waals surface area contributed by atoms with Crippen LogP contribution in [-0.4, -0.2) is 38.0 Å². The summed E-state index contributed by atoms with van der Waals surface area (Å²) < 4.78 is 27.4. The van der Waals surface area contributed by atoms with Gasteiger partial charge in [-0.05, 0) is 89.8 Å². The fourth-order valence-corrected chi connectivity index (χ4v) is 5.73. The Morgan fingerprint density at radius 3 is 2.36 bits per heavy atom. The van der Waals surface area contributed by atoms with Crippen molar-refractivity contribution in [3.63, 3.8) is 0 Å². The average Bonchev–Trinajstić information content (AvgIpc) is 2.96. The highest BCUT2D eigenvalue weighted by Gasteiger charge is 2.20. The van der Waals surface area contributed by atoms with Crippen LogP contribution in [0.15, 0.2) is 59.5 Å². The van der Waals surface area contributed by atoms with Crippen LogP contribution >= 0.6 is 23.4 Å². The molecule has 2 aliphatic rings. The molecule has 2 aliphatic carbocycles. The number of carbonyl (C=O) groups is 1. The molecule has 176 valence electrons. The minimum Gasteiger partial charge on any atom is -0.478 e. The normalized spacial score (nSPS) is 12.7. The molecule has 0 aliphatic heterocycles. The number of fused-ring (bicyclic) bond motifs is 1. The second-order valence-electron chi connectivity index (χ2n) is 8.05. The summed E-state index contributed by atoms with van der Waals surface area (Å²) in [6.07, 6.45) is 4.12. The van der Waals surface area contributed by atoms with Gasteiger partial charge in [-0.3, -0.25) is 0 Å². The first-order chi connectivity index (χ1) is 15.7. The van der Waals surface area contributed by atoms with Crippen LogP contribution in [0, 0.1) is 0 Å². The molecule has 0 saturated heterocycles. The fraction of sp³-hybridized carbons (Fsp3) is 0.320. The van der Waals surface area contributed by atoms with Gasteiger partial charge in [-0.1, -0.05) is 42.8 Å². The number of aryl methyl sites for hydroxylation is 1. The topological polar surface area (TPSA) is 83.5 Å². The van der Waals surface area contributed by atoms with Gasteiger partial charge < -0.3 is 5.11 Å². The van der Waals surface area contributed by atoms with Gasteiger partial charge in [0.1, 0.15) is 0 Å². The molecule has 0 fully saturated rings. The number of unbranched alkanes of at least 4 members (excludes halogenated alkanes) is 1. The first-order valence-corrected chi connectivity index (χ1v) is 14.0. The SMILES string of the molecule is CSCC(C)c1ccc2c(CCCCNS(=O)(=O)c3ccc(Cl)cc3)cc(C(=O)O)c-2cc1. The van der Waals surface area contributed by atoms with E-state index in [9.17, 15) is 18.3 Å². The molecule has 33 heavy (non-hydrogen) atoms. The van der Waals surface area contributed by atoms with Crippen molar-refractivity contribution in [2.24, 2.45) is 0 Å². The summed E-state index contributed by atoms with van der Waals surface area (Å²) >= 11 is 7.61. The zero-order valence-electron chi connectivity index (χ0n) is 18.7. The second kappa shape index (κ2) is 11.4. The Morgan fingerprint density at radius 2 is 1.73 bits per heavy atom. The number of nitrogens with one attached hydrogen (secondary N) is 1. The molecule has 2 N–H and O–H groups in total. The quantitative estimate of drug-likeness (QED) is 0.316. The van der Waals surface area contributed by atoms with E-state index in [1.165, 1.54) is 17.7 Å². The Hall–Kier alpha value is -2.06. The van der Waals surface area contributed by atoms with Crippen molar-refractivity contribution in [3.8, 4) is 11.1 Å². The maximum absolute atomic E-state index is 12.4. The van der Waals surface area contributed by atoms with E-state index in [1.807, 2.05) is 18.2 Å². The number of carboxylic acid groups (broad SMARTS) is 1. The van der Waals surface area contributed by atoms with E-state index in [0.717, 1.165) is 28.9 Å². The summed E-state index contributed by atoms with van der Waals surface area (Å²) in [6.45, 7) is 2.47. The predicted octanol–water partition coefficient (Wildman–Crippen LogP) is 5.91. The summed E-state index contributed by atoms with van der Waals surface area (Å²) in [5.41, 5.74) is 4.14. The van der Waals surface area contributed by atoms with E-state index in [-0.39, 0.29) is 4.90 Å². The number of aromatic carboxylic acids is 1. The lowest BCUT2D eigenvalue weighted by atomic mass is 10.0. The van der Waals surface area contributed by atoms with Crippen LogP contribution in [0.3, 0.4) is 0 Å². The Kier molecular flexibility index (Phi) is 8.82. The van der Waals surface area contributed by atoms with Gasteiger partial charge in [0.15, 0.2) is 0 Å². The molecule has 1 aromatic rings. The number of hydrogen-bond donors (Lipinski definition) is 2. The minimum atomic E-state index is -3.58. The van der Waals surface area contributed by atoms with Crippen molar-refractivity contribution >= 4 is 39.4 Å². The average molecular weight is 506 g/mol. The number of rotatable bonds is 11. The van der Waals surface area contributed by atoms with Gasteiger partial charge in [0.05, 0.1) is 10.5 Å². The standard InChI is InChI=1S/C25H28ClNO4S2/c1-17(16-32-2)18-6-12-22-19(15-24(25(28)29)23(22)13-7-18)5-3-4-14-27-33(30,31)21-10-8-20(26)9-11-21/h6-13,15,17,27H,3-5,14,16H2,1-2H3,(H,28,29). The Bertz CT molecular complexity index is 1180. The van der Waals surface area contributed by atoms with Gasteiger partial charge >= 0.3 is 5.97 Å². The van der Waals surface area contributed by atoms with Crippen LogP contribution in [0.4, 0.5) is 0 Å². The lowest BCUT2D eigenvalue weighted by Gasteiger charge is -2.07. The van der Waals surface area contributed by atoms with E-state index < -0.39 is 16.0 Å². The second-order valence-corrected chi connectivity index (χ2v) is 11.2. The third-order valence-corrected chi connectivity index (χ3v) is 8.20. The lowest BCUT2D eigenvalue weighted by molar-refractivity contribution is 0.0698. The summed E-state index contributed by atoms with van der Waals surface area (Å²) in [5.74, 6) is 0.438. The van der Waals surface area contributed by atoms with Crippen molar-refractivity contribution < 1.29 is 18.3 Å². The largest absolute Gasteiger partial charge is 0.478 e. The molecule has 1 atom stereocenters. The first kappa shape index (κ1) is 25.6. The molecule has 0 bridgehead atoms. The van der Waals surface area contributed by atoms with Gasteiger partial charge in [0.25, 0.3) is 0 Å². The van der Waals surface area contributed by atoms with E-state index >= 15 is 0 Å². The Morgan fingerprint density at radius 1 is 1.06 bits per heavy atom. The van der Waals surface area contributed by atoms with Gasteiger partial charge in [0, 0.05) is 11.6 Å². The number of carboxylic acids is 1. The molecule has 1 aromatic carbocycles. The fourth-order valence-electron chi connectivity index (χ4n) is 3.84. The van der Waals surface area contributed by atoms with Crippen molar-refractivity contribution in [1.82, 2.24) is 4.72 Å². The van der Waals surface area contributed by atoms with Gasteiger partial charge in [0.2, 0.25) is 10.0 Å². The highest BCUT2D eigenvalue weighted by molar-refractivity contribution is 7.98. The molecule has 5 nitrogen and oxygen atoms in total. The van der Waals surface area contributed by atoms with Crippen molar-refractivity contribution in [3.05, 3.63) is 76.3 Å². The number of thioether (sulfide) groups is 1. The third-order valence-electron chi connectivity index (χ3n) is 5.63. The highest BCUT2D eigenvalue weighted by Crippen LogP contribution is 2.34. The van der Waals surface area contributed by atoms with Crippen LogP contribution < -0.4 is 4.72 Å². The summed E-state index contributed by atoms with van der Waals surface area (Å²) in [7, 11) is -3.58. The molecule has 1 unspecified atom stereocenters. The molecule has 0 spiro atoms. The van der Waals surface area contributed by atoms with E-state index in [4.69, 9.17) is 11.6 Å². The number of sulfonamides is 1. The van der Waals surface area contributed by atoms with Crippen molar-refractivity contribution in [2.45, 2.75) is 37.0 Å². The maximum Gasteiger partial charge on any atom is 0.336 e. The summed E-state index contributed by atoms with van der Waals surface area (Å²) in [5, 5.41) is 10.2. The molecule has 0 amide bonds. The number of halogens is 1. The number of hydrogen-bond acceptors (Lipinski definition) is 4. The summed E-state index contributed by atoms with van der Waals surface area (Å²) in [4.78, 5) is 12.0. The van der Waals surface area contributed by atoms with Crippen LogP contribution in [0.1, 0.15) is 47.2 Å².